The van der Waals surface area contributed by atoms with E-state index in [9.17, 15) is 9.59 Å². The predicted octanol–water partition coefficient (Wildman–Crippen LogP) is 3.53. The van der Waals surface area contributed by atoms with Crippen molar-refractivity contribution in [2.45, 2.75) is 19.9 Å². The van der Waals surface area contributed by atoms with Gasteiger partial charge in [0.05, 0.1) is 12.8 Å². The maximum atomic E-state index is 13.0. The molecular formula is C20H21N5O4. The monoisotopic (exact) mass is 395 g/mol. The molecule has 3 N–H and O–H groups in total. The SMILES string of the molecule is COc1ccc(NC(=O)c2c(-c3ccccn3)noc2NC(=O)NC(C)C)cc1. The van der Waals surface area contributed by atoms with Gasteiger partial charge in [0.25, 0.3) is 5.91 Å². The van der Waals surface area contributed by atoms with E-state index in [0.29, 0.717) is 17.1 Å². The van der Waals surface area contributed by atoms with E-state index in [0.717, 1.165) is 0 Å². The van der Waals surface area contributed by atoms with E-state index in [2.05, 4.69) is 26.1 Å². The van der Waals surface area contributed by atoms with Gasteiger partial charge in [-0.1, -0.05) is 11.2 Å². The van der Waals surface area contributed by atoms with Gasteiger partial charge in [-0.15, -0.1) is 0 Å². The van der Waals surface area contributed by atoms with Crippen molar-refractivity contribution in [3.63, 3.8) is 0 Å². The summed E-state index contributed by atoms with van der Waals surface area (Å²) in [5.41, 5.74) is 1.27. The van der Waals surface area contributed by atoms with Gasteiger partial charge in [-0.3, -0.25) is 15.1 Å². The number of pyridine rings is 1. The van der Waals surface area contributed by atoms with Crippen molar-refractivity contribution >= 4 is 23.5 Å². The van der Waals surface area contributed by atoms with E-state index in [4.69, 9.17) is 9.26 Å². The maximum absolute atomic E-state index is 13.0. The Kier molecular flexibility index (Phi) is 6.08. The summed E-state index contributed by atoms with van der Waals surface area (Å²) in [5.74, 6) is 0.0848. The molecule has 0 radical (unpaired) electrons. The number of carbonyl (C=O) groups excluding carboxylic acids is 2. The second-order valence-corrected chi connectivity index (χ2v) is 6.39. The summed E-state index contributed by atoms with van der Waals surface area (Å²) in [6.07, 6.45) is 1.58. The smallest absolute Gasteiger partial charge is 0.321 e. The summed E-state index contributed by atoms with van der Waals surface area (Å²) in [6.45, 7) is 3.63. The van der Waals surface area contributed by atoms with E-state index >= 15 is 0 Å². The molecule has 9 heteroatoms. The minimum Gasteiger partial charge on any atom is -0.497 e. The van der Waals surface area contributed by atoms with Crippen molar-refractivity contribution in [3.8, 4) is 17.1 Å². The molecule has 2 heterocycles. The maximum Gasteiger partial charge on any atom is 0.321 e. The number of hydrogen-bond donors (Lipinski definition) is 3. The molecule has 3 amide bonds. The van der Waals surface area contributed by atoms with Crippen molar-refractivity contribution in [1.29, 1.82) is 0 Å². The van der Waals surface area contributed by atoms with Crippen molar-refractivity contribution in [1.82, 2.24) is 15.5 Å². The van der Waals surface area contributed by atoms with Crippen LogP contribution in [0.25, 0.3) is 11.4 Å². The van der Waals surface area contributed by atoms with Crippen molar-refractivity contribution in [2.24, 2.45) is 0 Å². The van der Waals surface area contributed by atoms with Crippen LogP contribution in [0.15, 0.2) is 53.2 Å². The zero-order valence-electron chi connectivity index (χ0n) is 16.2. The lowest BCUT2D eigenvalue weighted by Crippen LogP contribution is -2.34. The third-order valence-corrected chi connectivity index (χ3v) is 3.82. The fourth-order valence-corrected chi connectivity index (χ4v) is 2.53. The molecule has 2 aromatic heterocycles. The Bertz CT molecular complexity index is 984. The van der Waals surface area contributed by atoms with Gasteiger partial charge >= 0.3 is 6.03 Å². The van der Waals surface area contributed by atoms with Crippen LogP contribution in [0, 0.1) is 0 Å². The van der Waals surface area contributed by atoms with Crippen molar-refractivity contribution in [3.05, 3.63) is 54.2 Å². The van der Waals surface area contributed by atoms with Crippen LogP contribution in [0.3, 0.4) is 0 Å². The largest absolute Gasteiger partial charge is 0.497 e. The molecule has 0 saturated heterocycles. The Morgan fingerprint density at radius 2 is 1.83 bits per heavy atom. The van der Waals surface area contributed by atoms with E-state index in [-0.39, 0.29) is 23.2 Å². The molecule has 0 unspecified atom stereocenters. The molecule has 3 rings (SSSR count). The van der Waals surface area contributed by atoms with Crippen LogP contribution < -0.4 is 20.7 Å². The summed E-state index contributed by atoms with van der Waals surface area (Å²) in [7, 11) is 1.56. The number of anilines is 2. The molecule has 0 aliphatic rings. The van der Waals surface area contributed by atoms with Crippen LogP contribution in [-0.4, -0.2) is 35.2 Å². The highest BCUT2D eigenvalue weighted by Gasteiger charge is 2.26. The number of urea groups is 1. The molecule has 0 bridgehead atoms. The molecule has 0 aliphatic carbocycles. The summed E-state index contributed by atoms with van der Waals surface area (Å²) in [6, 6.07) is 11.4. The van der Waals surface area contributed by atoms with Crippen molar-refractivity contribution < 1.29 is 18.8 Å². The number of nitrogens with zero attached hydrogens (tertiary/aromatic N) is 2. The molecule has 0 fully saturated rings. The number of amides is 3. The third kappa shape index (κ3) is 4.89. The Morgan fingerprint density at radius 3 is 2.45 bits per heavy atom. The third-order valence-electron chi connectivity index (χ3n) is 3.82. The summed E-state index contributed by atoms with van der Waals surface area (Å²) in [4.78, 5) is 29.3. The second-order valence-electron chi connectivity index (χ2n) is 6.39. The number of carbonyl (C=O) groups is 2. The van der Waals surface area contributed by atoms with Crippen LogP contribution in [0.1, 0.15) is 24.2 Å². The zero-order chi connectivity index (χ0) is 20.8. The molecule has 9 nitrogen and oxygen atoms in total. The number of aromatic nitrogens is 2. The molecular weight excluding hydrogens is 374 g/mol. The van der Waals surface area contributed by atoms with Gasteiger partial charge in [0.2, 0.25) is 5.88 Å². The highest BCUT2D eigenvalue weighted by Crippen LogP contribution is 2.29. The number of rotatable bonds is 6. The average Bonchev–Trinajstić information content (AvgIpc) is 3.12. The number of hydrogen-bond acceptors (Lipinski definition) is 6. The van der Waals surface area contributed by atoms with Crippen LogP contribution in [0.2, 0.25) is 0 Å². The lowest BCUT2D eigenvalue weighted by atomic mass is 10.1. The molecule has 150 valence electrons. The second kappa shape index (κ2) is 8.87. The topological polar surface area (TPSA) is 118 Å². The van der Waals surface area contributed by atoms with Gasteiger partial charge in [-0.2, -0.15) is 0 Å². The van der Waals surface area contributed by atoms with E-state index in [1.165, 1.54) is 0 Å². The fraction of sp³-hybridized carbons (Fsp3) is 0.200. The molecule has 3 aromatic rings. The lowest BCUT2D eigenvalue weighted by Gasteiger charge is -2.10. The van der Waals surface area contributed by atoms with Gasteiger partial charge in [-0.25, -0.2) is 4.79 Å². The minimum atomic E-state index is -0.512. The number of nitrogens with one attached hydrogen (secondary N) is 3. The van der Waals surface area contributed by atoms with Crippen LogP contribution in [-0.2, 0) is 0 Å². The van der Waals surface area contributed by atoms with Crippen LogP contribution in [0.5, 0.6) is 5.75 Å². The molecule has 0 aliphatic heterocycles. The van der Waals surface area contributed by atoms with E-state index < -0.39 is 11.9 Å². The number of methoxy groups -OCH3 is 1. The van der Waals surface area contributed by atoms with Gasteiger partial charge in [0, 0.05) is 17.9 Å². The first kappa shape index (κ1) is 19.9. The summed E-state index contributed by atoms with van der Waals surface area (Å²) < 4.78 is 10.4. The zero-order valence-corrected chi connectivity index (χ0v) is 16.2. The predicted molar refractivity (Wildman–Crippen MR) is 108 cm³/mol. The summed E-state index contributed by atoms with van der Waals surface area (Å²) >= 11 is 0. The lowest BCUT2D eigenvalue weighted by molar-refractivity contribution is 0.102. The quantitative estimate of drug-likeness (QED) is 0.588. The highest BCUT2D eigenvalue weighted by atomic mass is 16.5. The van der Waals surface area contributed by atoms with Gasteiger partial charge in [0.15, 0.2) is 0 Å². The van der Waals surface area contributed by atoms with Gasteiger partial charge < -0.3 is 19.9 Å². The molecule has 0 spiro atoms. The van der Waals surface area contributed by atoms with Crippen LogP contribution in [0.4, 0.5) is 16.4 Å². The number of ether oxygens (including phenoxy) is 1. The van der Waals surface area contributed by atoms with E-state index in [1.807, 2.05) is 13.8 Å². The molecule has 0 atom stereocenters. The molecule has 0 saturated carbocycles. The first-order valence-corrected chi connectivity index (χ1v) is 8.92. The highest BCUT2D eigenvalue weighted by molar-refractivity contribution is 6.12. The standard InChI is InChI=1S/C20H21N5O4/c1-12(2)22-20(27)24-19-16(17(25-29-19)15-6-4-5-11-21-15)18(26)23-13-7-9-14(28-3)10-8-13/h4-12H,1-3H3,(H,23,26)(H2,22,24,27). The summed E-state index contributed by atoms with van der Waals surface area (Å²) in [5, 5.41) is 11.9. The minimum absolute atomic E-state index is 0.0680. The van der Waals surface area contributed by atoms with E-state index in [1.54, 1.807) is 55.8 Å². The first-order chi connectivity index (χ1) is 14.0. The average molecular weight is 395 g/mol. The number of benzene rings is 1. The first-order valence-electron chi connectivity index (χ1n) is 8.92. The Labute approximate surface area is 167 Å². The molecule has 1 aromatic carbocycles. The van der Waals surface area contributed by atoms with Gasteiger partial charge in [0.1, 0.15) is 17.0 Å². The van der Waals surface area contributed by atoms with Crippen molar-refractivity contribution in [2.75, 3.05) is 17.7 Å². The molecule has 29 heavy (non-hydrogen) atoms. The van der Waals surface area contributed by atoms with Gasteiger partial charge in [-0.05, 0) is 50.2 Å². The Morgan fingerprint density at radius 1 is 1.07 bits per heavy atom. The Balaban J connectivity index is 1.93. The Hall–Kier alpha value is -3.88. The fourth-order valence-electron chi connectivity index (χ4n) is 2.53. The normalized spacial score (nSPS) is 10.5. The van der Waals surface area contributed by atoms with Crippen LogP contribution >= 0.6 is 0 Å².